The van der Waals surface area contributed by atoms with Crippen LogP contribution in [-0.2, 0) is 0 Å². The Hall–Kier alpha value is -1.87. The number of rotatable bonds is 3. The van der Waals surface area contributed by atoms with Gasteiger partial charge in [0.05, 0.1) is 11.6 Å². The van der Waals surface area contributed by atoms with E-state index in [4.69, 9.17) is 11.6 Å². The third-order valence-corrected chi connectivity index (χ3v) is 3.66. The van der Waals surface area contributed by atoms with Crippen molar-refractivity contribution in [3.05, 3.63) is 69.5 Å². The Balaban J connectivity index is 2.20. The molecule has 110 valence electrons. The van der Waals surface area contributed by atoms with E-state index in [1.54, 1.807) is 0 Å². The van der Waals surface area contributed by atoms with Crippen molar-refractivity contribution < 1.29 is 9.18 Å². The predicted molar refractivity (Wildman–Crippen MR) is 83.2 cm³/mol. The van der Waals surface area contributed by atoms with Gasteiger partial charge in [0.25, 0.3) is 5.91 Å². The van der Waals surface area contributed by atoms with Gasteiger partial charge in [0.2, 0.25) is 0 Å². The van der Waals surface area contributed by atoms with Crippen LogP contribution in [0, 0.1) is 19.7 Å². The molecule has 2 aromatic carbocycles. The summed E-state index contributed by atoms with van der Waals surface area (Å²) in [5.41, 5.74) is 3.23. The van der Waals surface area contributed by atoms with Crippen LogP contribution in [0.2, 0.25) is 5.02 Å². The highest BCUT2D eigenvalue weighted by atomic mass is 35.5. The molecule has 0 spiro atoms. The SMILES string of the molecule is Cc1ccc(C)c([C@@H](C)NC(=O)c2ccc(Cl)cc2F)c1. The molecule has 0 heterocycles. The average Bonchev–Trinajstić information content (AvgIpc) is 2.41. The summed E-state index contributed by atoms with van der Waals surface area (Å²) in [6.07, 6.45) is 0. The lowest BCUT2D eigenvalue weighted by molar-refractivity contribution is 0.0936. The fourth-order valence-electron chi connectivity index (χ4n) is 2.25. The van der Waals surface area contributed by atoms with Crippen molar-refractivity contribution in [2.75, 3.05) is 0 Å². The average molecular weight is 306 g/mol. The highest BCUT2D eigenvalue weighted by Gasteiger charge is 2.16. The van der Waals surface area contributed by atoms with Gasteiger partial charge in [-0.1, -0.05) is 35.4 Å². The maximum atomic E-state index is 13.8. The molecule has 0 radical (unpaired) electrons. The summed E-state index contributed by atoms with van der Waals surface area (Å²) >= 11 is 5.69. The molecule has 1 N–H and O–H groups in total. The second-order valence-corrected chi connectivity index (χ2v) is 5.62. The van der Waals surface area contributed by atoms with E-state index in [2.05, 4.69) is 5.32 Å². The van der Waals surface area contributed by atoms with Crippen molar-refractivity contribution in [1.82, 2.24) is 5.32 Å². The number of carbonyl (C=O) groups is 1. The molecule has 0 aliphatic carbocycles. The minimum absolute atomic E-state index is 0.00319. The van der Waals surface area contributed by atoms with E-state index in [1.807, 2.05) is 39.0 Å². The van der Waals surface area contributed by atoms with E-state index < -0.39 is 11.7 Å². The van der Waals surface area contributed by atoms with Crippen molar-refractivity contribution in [3.63, 3.8) is 0 Å². The van der Waals surface area contributed by atoms with Crippen molar-refractivity contribution in [3.8, 4) is 0 Å². The van der Waals surface area contributed by atoms with Crippen LogP contribution in [0.15, 0.2) is 36.4 Å². The molecule has 0 aromatic heterocycles. The van der Waals surface area contributed by atoms with Gasteiger partial charge in [0.15, 0.2) is 0 Å². The molecule has 2 aromatic rings. The van der Waals surface area contributed by atoms with Crippen LogP contribution >= 0.6 is 11.6 Å². The third kappa shape index (κ3) is 3.61. The van der Waals surface area contributed by atoms with Gasteiger partial charge in [-0.25, -0.2) is 4.39 Å². The Morgan fingerprint density at radius 2 is 1.90 bits per heavy atom. The van der Waals surface area contributed by atoms with E-state index in [9.17, 15) is 9.18 Å². The van der Waals surface area contributed by atoms with Gasteiger partial charge in [-0.2, -0.15) is 0 Å². The molecular formula is C17H17ClFNO. The van der Waals surface area contributed by atoms with Gasteiger partial charge in [-0.3, -0.25) is 4.79 Å². The van der Waals surface area contributed by atoms with Gasteiger partial charge in [-0.15, -0.1) is 0 Å². The van der Waals surface area contributed by atoms with Gasteiger partial charge >= 0.3 is 0 Å². The summed E-state index contributed by atoms with van der Waals surface area (Å²) in [5.74, 6) is -1.06. The highest BCUT2D eigenvalue weighted by Crippen LogP contribution is 2.20. The number of benzene rings is 2. The van der Waals surface area contributed by atoms with Crippen molar-refractivity contribution in [2.24, 2.45) is 0 Å². The molecule has 1 amide bonds. The van der Waals surface area contributed by atoms with Crippen LogP contribution in [0.1, 0.15) is 40.0 Å². The Kier molecular flexibility index (Phi) is 4.63. The second kappa shape index (κ2) is 6.27. The predicted octanol–water partition coefficient (Wildman–Crippen LogP) is 4.59. The zero-order valence-corrected chi connectivity index (χ0v) is 13.0. The molecule has 0 aliphatic heterocycles. The molecule has 0 saturated carbocycles. The molecule has 0 fully saturated rings. The Labute approximate surface area is 128 Å². The topological polar surface area (TPSA) is 29.1 Å². The van der Waals surface area contributed by atoms with Gasteiger partial charge < -0.3 is 5.32 Å². The number of aryl methyl sites for hydroxylation is 2. The standard InChI is InChI=1S/C17H17ClFNO/c1-10-4-5-11(2)15(8-10)12(3)20-17(21)14-7-6-13(18)9-16(14)19/h4-9,12H,1-3H3,(H,20,21)/t12-/m1/s1. The lowest BCUT2D eigenvalue weighted by Gasteiger charge is -2.17. The molecule has 0 bridgehead atoms. The Morgan fingerprint density at radius 3 is 2.57 bits per heavy atom. The van der Waals surface area contributed by atoms with Crippen LogP contribution in [0.3, 0.4) is 0 Å². The van der Waals surface area contributed by atoms with Crippen LogP contribution in [0.5, 0.6) is 0 Å². The molecule has 2 nitrogen and oxygen atoms in total. The van der Waals surface area contributed by atoms with Crippen LogP contribution in [0.4, 0.5) is 4.39 Å². The molecule has 0 saturated heterocycles. The zero-order chi connectivity index (χ0) is 15.6. The lowest BCUT2D eigenvalue weighted by atomic mass is 9.99. The zero-order valence-electron chi connectivity index (χ0n) is 12.2. The summed E-state index contributed by atoms with van der Waals surface area (Å²) in [7, 11) is 0. The Morgan fingerprint density at radius 1 is 1.19 bits per heavy atom. The van der Waals surface area contributed by atoms with Crippen LogP contribution in [-0.4, -0.2) is 5.91 Å². The monoisotopic (exact) mass is 305 g/mol. The number of hydrogen-bond donors (Lipinski definition) is 1. The molecule has 21 heavy (non-hydrogen) atoms. The largest absolute Gasteiger partial charge is 0.345 e. The number of halogens is 2. The van der Waals surface area contributed by atoms with E-state index >= 15 is 0 Å². The minimum atomic E-state index is -0.617. The fourth-order valence-corrected chi connectivity index (χ4v) is 2.41. The minimum Gasteiger partial charge on any atom is -0.345 e. The number of amides is 1. The molecule has 0 aliphatic rings. The van der Waals surface area contributed by atoms with E-state index in [0.29, 0.717) is 0 Å². The molecule has 0 unspecified atom stereocenters. The summed E-state index contributed by atoms with van der Waals surface area (Å²) in [6, 6.07) is 9.89. The molecule has 2 rings (SSSR count). The summed E-state index contributed by atoms with van der Waals surface area (Å²) in [6.45, 7) is 5.87. The van der Waals surface area contributed by atoms with E-state index in [0.717, 1.165) is 22.8 Å². The first-order valence-corrected chi connectivity index (χ1v) is 7.09. The first-order valence-electron chi connectivity index (χ1n) is 6.71. The smallest absolute Gasteiger partial charge is 0.254 e. The summed E-state index contributed by atoms with van der Waals surface area (Å²) < 4.78 is 13.8. The van der Waals surface area contributed by atoms with Gasteiger partial charge in [-0.05, 0) is 50.1 Å². The van der Waals surface area contributed by atoms with Crippen molar-refractivity contribution in [2.45, 2.75) is 26.8 Å². The van der Waals surface area contributed by atoms with Gasteiger partial charge in [0, 0.05) is 5.02 Å². The van der Waals surface area contributed by atoms with E-state index in [1.165, 1.54) is 12.1 Å². The maximum absolute atomic E-state index is 13.8. The fraction of sp³-hybridized carbons (Fsp3) is 0.235. The first-order chi connectivity index (χ1) is 9.88. The molecule has 4 heteroatoms. The maximum Gasteiger partial charge on any atom is 0.254 e. The molecular weight excluding hydrogens is 289 g/mol. The van der Waals surface area contributed by atoms with Crippen molar-refractivity contribution in [1.29, 1.82) is 0 Å². The number of carbonyl (C=O) groups excluding carboxylic acids is 1. The normalized spacial score (nSPS) is 12.0. The van der Waals surface area contributed by atoms with Crippen LogP contribution < -0.4 is 5.32 Å². The van der Waals surface area contributed by atoms with Crippen molar-refractivity contribution >= 4 is 17.5 Å². The van der Waals surface area contributed by atoms with E-state index in [-0.39, 0.29) is 16.6 Å². The number of nitrogens with one attached hydrogen (secondary N) is 1. The lowest BCUT2D eigenvalue weighted by Crippen LogP contribution is -2.28. The van der Waals surface area contributed by atoms with Gasteiger partial charge in [0.1, 0.15) is 5.82 Å². The quantitative estimate of drug-likeness (QED) is 0.883. The molecule has 1 atom stereocenters. The second-order valence-electron chi connectivity index (χ2n) is 5.18. The third-order valence-electron chi connectivity index (χ3n) is 3.42. The Bertz CT molecular complexity index is 684. The van der Waals surface area contributed by atoms with Crippen LogP contribution in [0.25, 0.3) is 0 Å². The first kappa shape index (κ1) is 15.5. The summed E-state index contributed by atoms with van der Waals surface area (Å²) in [4.78, 5) is 12.2. The summed E-state index contributed by atoms with van der Waals surface area (Å²) in [5, 5.41) is 3.09. The number of hydrogen-bond acceptors (Lipinski definition) is 1. The highest BCUT2D eigenvalue weighted by molar-refractivity contribution is 6.30.